The molecule has 0 N–H and O–H groups in total. The Morgan fingerprint density at radius 3 is 1.73 bits per heavy atom. The van der Waals surface area contributed by atoms with Crippen LogP contribution in [0.4, 0.5) is 0 Å². The molecule has 0 heterocycles. The van der Waals surface area contributed by atoms with Crippen LogP contribution >= 0.6 is 0 Å². The average Bonchev–Trinajstić information content (AvgIpc) is 2.23. The first-order chi connectivity index (χ1) is 6.91. The maximum Gasteiger partial charge on any atom is 0.0386 e. The van der Waals surface area contributed by atoms with Gasteiger partial charge in [-0.05, 0) is 40.0 Å². The summed E-state index contributed by atoms with van der Waals surface area (Å²) in [5.41, 5.74) is 4.15. The Bertz CT molecular complexity index is 251. The van der Waals surface area contributed by atoms with E-state index in [9.17, 15) is 0 Å². The van der Waals surface area contributed by atoms with Crippen LogP contribution in [0.3, 0.4) is 0 Å². The first-order valence-corrected chi connectivity index (χ1v) is 6.13. The molecule has 0 aromatic heterocycles. The highest BCUT2D eigenvalue weighted by Crippen LogP contribution is 2.28. The van der Waals surface area contributed by atoms with Gasteiger partial charge in [-0.15, -0.1) is 0 Å². The van der Waals surface area contributed by atoms with Crippen molar-refractivity contribution in [3.63, 3.8) is 0 Å². The first kappa shape index (κ1) is 14.4. The summed E-state index contributed by atoms with van der Waals surface area (Å²) in [7, 11) is 0. The van der Waals surface area contributed by atoms with Gasteiger partial charge >= 0.3 is 0 Å². The molecule has 0 aliphatic rings. The second-order valence-corrected chi connectivity index (χ2v) is 4.77. The summed E-state index contributed by atoms with van der Waals surface area (Å²) in [6, 6.07) is 0. The van der Waals surface area contributed by atoms with E-state index in [1.54, 1.807) is 0 Å². The van der Waals surface area contributed by atoms with Gasteiger partial charge in [0.15, 0.2) is 0 Å². The second-order valence-electron chi connectivity index (χ2n) is 4.77. The maximum absolute atomic E-state index is 4.80. The number of allylic oxidation sites excluding steroid dienone is 2. The van der Waals surface area contributed by atoms with E-state index in [2.05, 4.69) is 48.5 Å². The fourth-order valence-electron chi connectivity index (χ4n) is 1.64. The second kappa shape index (κ2) is 6.09. The monoisotopic (exact) mass is 209 g/mol. The molecule has 0 aromatic rings. The Labute approximate surface area is 95.7 Å². The van der Waals surface area contributed by atoms with Crippen molar-refractivity contribution >= 4 is 5.71 Å². The highest BCUT2D eigenvalue weighted by atomic mass is 14.8. The third kappa shape index (κ3) is 3.81. The first-order valence-electron chi connectivity index (χ1n) is 6.13. The third-order valence-corrected chi connectivity index (χ3v) is 3.65. The fourth-order valence-corrected chi connectivity index (χ4v) is 1.64. The van der Waals surface area contributed by atoms with Gasteiger partial charge in [0.2, 0.25) is 0 Å². The zero-order chi connectivity index (χ0) is 12.1. The van der Waals surface area contributed by atoms with Crippen molar-refractivity contribution in [1.82, 2.24) is 0 Å². The number of nitrogens with zero attached hydrogens (tertiary/aromatic N) is 1. The van der Waals surface area contributed by atoms with Crippen LogP contribution in [0.15, 0.2) is 16.3 Å². The molecule has 0 saturated heterocycles. The van der Waals surface area contributed by atoms with Gasteiger partial charge < -0.3 is 0 Å². The fraction of sp³-hybridized carbons (Fsp3) is 0.786. The van der Waals surface area contributed by atoms with Crippen LogP contribution in [0.5, 0.6) is 0 Å². The van der Waals surface area contributed by atoms with E-state index >= 15 is 0 Å². The molecular formula is C14H27N. The molecule has 0 radical (unpaired) electrons. The summed E-state index contributed by atoms with van der Waals surface area (Å²) in [5, 5.41) is 0. The van der Waals surface area contributed by atoms with Gasteiger partial charge in [0.25, 0.3) is 0 Å². The van der Waals surface area contributed by atoms with Crippen LogP contribution in [-0.2, 0) is 0 Å². The molecule has 0 aliphatic heterocycles. The molecule has 0 bridgehead atoms. The third-order valence-electron chi connectivity index (χ3n) is 3.65. The summed E-state index contributed by atoms with van der Waals surface area (Å²) in [5.74, 6) is 0. The Hall–Kier alpha value is -0.590. The van der Waals surface area contributed by atoms with Crippen LogP contribution in [-0.4, -0.2) is 5.71 Å². The van der Waals surface area contributed by atoms with E-state index in [0.717, 1.165) is 6.42 Å². The Balaban J connectivity index is 5.06. The molecule has 1 heteroatoms. The topological polar surface area (TPSA) is 12.4 Å². The maximum atomic E-state index is 4.80. The molecule has 0 unspecified atom stereocenters. The smallest absolute Gasteiger partial charge is 0.0386 e. The molecule has 0 aromatic carbocycles. The van der Waals surface area contributed by atoms with Gasteiger partial charge in [0, 0.05) is 16.8 Å². The predicted molar refractivity (Wildman–Crippen MR) is 70.5 cm³/mol. The van der Waals surface area contributed by atoms with E-state index in [1.807, 2.05) is 0 Å². The molecule has 0 aliphatic carbocycles. The normalized spacial score (nSPS) is 12.9. The Morgan fingerprint density at radius 1 is 1.00 bits per heavy atom. The number of aliphatic imine (C=N–C) groups is 1. The lowest BCUT2D eigenvalue weighted by molar-refractivity contribution is 0.430. The van der Waals surface area contributed by atoms with Crippen molar-refractivity contribution in [2.45, 2.75) is 67.7 Å². The van der Waals surface area contributed by atoms with Gasteiger partial charge in [-0.25, -0.2) is 0 Å². The molecular weight excluding hydrogens is 182 g/mol. The lowest BCUT2D eigenvalue weighted by atomic mass is 9.80. The molecule has 0 atom stereocenters. The van der Waals surface area contributed by atoms with E-state index < -0.39 is 0 Å². The summed E-state index contributed by atoms with van der Waals surface area (Å²) in [4.78, 5) is 4.80. The average molecular weight is 209 g/mol. The van der Waals surface area contributed by atoms with Gasteiger partial charge in [-0.3, -0.25) is 4.99 Å². The minimum absolute atomic E-state index is 0.274. The lowest BCUT2D eigenvalue weighted by Crippen LogP contribution is -2.23. The van der Waals surface area contributed by atoms with Crippen LogP contribution in [0.1, 0.15) is 67.7 Å². The van der Waals surface area contributed by atoms with Crippen molar-refractivity contribution in [1.29, 1.82) is 0 Å². The molecule has 1 nitrogen and oxygen atoms in total. The van der Waals surface area contributed by atoms with Crippen molar-refractivity contribution in [2.24, 2.45) is 10.4 Å². The van der Waals surface area contributed by atoms with Gasteiger partial charge in [0.1, 0.15) is 0 Å². The summed E-state index contributed by atoms with van der Waals surface area (Å²) in [6.07, 6.45) is 3.36. The summed E-state index contributed by atoms with van der Waals surface area (Å²) < 4.78 is 0. The van der Waals surface area contributed by atoms with Gasteiger partial charge in [-0.2, -0.15) is 0 Å². The Kier molecular flexibility index (Phi) is 5.85. The lowest BCUT2D eigenvalue weighted by Gasteiger charge is -2.27. The summed E-state index contributed by atoms with van der Waals surface area (Å²) in [6.45, 7) is 15.4. The van der Waals surface area contributed by atoms with Gasteiger partial charge in [-0.1, -0.05) is 33.3 Å². The number of rotatable bonds is 5. The Morgan fingerprint density at radius 2 is 1.47 bits per heavy atom. The van der Waals surface area contributed by atoms with E-state index in [4.69, 9.17) is 4.99 Å². The molecule has 0 amide bonds. The van der Waals surface area contributed by atoms with Gasteiger partial charge in [0.05, 0.1) is 0 Å². The molecule has 0 rings (SSSR count). The predicted octanol–water partition coefficient (Wildman–Crippen LogP) is 4.98. The SMILES string of the molecule is CCC(N=C(C)C(C)(CC)CC)=C(C)C. The largest absolute Gasteiger partial charge is 0.262 e. The number of hydrogen-bond acceptors (Lipinski definition) is 1. The van der Waals surface area contributed by atoms with Crippen LogP contribution in [0.25, 0.3) is 0 Å². The highest BCUT2D eigenvalue weighted by Gasteiger charge is 2.23. The minimum atomic E-state index is 0.274. The molecule has 88 valence electrons. The van der Waals surface area contributed by atoms with Crippen LogP contribution in [0.2, 0.25) is 0 Å². The standard InChI is InChI=1S/C14H27N/c1-8-13(11(4)5)15-12(6)14(7,9-2)10-3/h8-10H2,1-7H3. The summed E-state index contributed by atoms with van der Waals surface area (Å²) >= 11 is 0. The van der Waals surface area contributed by atoms with Crippen LogP contribution in [0, 0.1) is 5.41 Å². The highest BCUT2D eigenvalue weighted by molar-refractivity contribution is 5.88. The van der Waals surface area contributed by atoms with E-state index in [0.29, 0.717) is 0 Å². The number of hydrogen-bond donors (Lipinski definition) is 0. The van der Waals surface area contributed by atoms with Crippen molar-refractivity contribution in [3.05, 3.63) is 11.3 Å². The molecule has 15 heavy (non-hydrogen) atoms. The molecule has 0 saturated carbocycles. The zero-order valence-electron chi connectivity index (χ0n) is 11.6. The molecule has 0 fully saturated rings. The van der Waals surface area contributed by atoms with Crippen molar-refractivity contribution in [3.8, 4) is 0 Å². The molecule has 0 spiro atoms. The van der Waals surface area contributed by atoms with Crippen LogP contribution < -0.4 is 0 Å². The quantitative estimate of drug-likeness (QED) is 0.566. The van der Waals surface area contributed by atoms with Crippen molar-refractivity contribution in [2.75, 3.05) is 0 Å². The minimum Gasteiger partial charge on any atom is -0.262 e. The van der Waals surface area contributed by atoms with Crippen molar-refractivity contribution < 1.29 is 0 Å². The van der Waals surface area contributed by atoms with E-state index in [-0.39, 0.29) is 5.41 Å². The van der Waals surface area contributed by atoms with E-state index in [1.165, 1.54) is 29.8 Å². The zero-order valence-corrected chi connectivity index (χ0v) is 11.6.